The highest BCUT2D eigenvalue weighted by molar-refractivity contribution is 7.89. The summed E-state index contributed by atoms with van der Waals surface area (Å²) in [6.07, 6.45) is 1.78. The summed E-state index contributed by atoms with van der Waals surface area (Å²) in [5, 5.41) is 18.6. The van der Waals surface area contributed by atoms with E-state index >= 15 is 0 Å². The SMILES string of the molecule is CCN(C#N)C(=O)C(Cc1ccc(O)cc1)NS(=O)(=O)c1ccc(OC)cc1. The number of benzene rings is 2. The lowest BCUT2D eigenvalue weighted by molar-refractivity contribution is -0.129. The number of likely N-dealkylation sites (N-methyl/N-ethyl adjacent to an activating group) is 1. The summed E-state index contributed by atoms with van der Waals surface area (Å²) in [5.41, 5.74) is 0.627. The molecule has 0 saturated carbocycles. The molecule has 9 heteroatoms. The second-order valence-corrected chi connectivity index (χ2v) is 7.62. The Labute approximate surface area is 164 Å². The molecule has 2 aromatic rings. The second-order valence-electron chi connectivity index (χ2n) is 5.90. The maximum Gasteiger partial charge on any atom is 0.254 e. The van der Waals surface area contributed by atoms with Gasteiger partial charge in [-0.25, -0.2) is 13.3 Å². The zero-order valence-corrected chi connectivity index (χ0v) is 16.3. The molecule has 28 heavy (non-hydrogen) atoms. The second kappa shape index (κ2) is 9.21. The molecular formula is C19H21N3O5S. The number of sulfonamides is 1. The van der Waals surface area contributed by atoms with Gasteiger partial charge in [0.25, 0.3) is 5.91 Å². The van der Waals surface area contributed by atoms with Crippen LogP contribution in [0.4, 0.5) is 0 Å². The van der Waals surface area contributed by atoms with Crippen molar-refractivity contribution in [1.29, 1.82) is 5.26 Å². The third-order valence-electron chi connectivity index (χ3n) is 4.04. The number of hydrogen-bond donors (Lipinski definition) is 2. The molecule has 1 unspecified atom stereocenters. The molecule has 0 fully saturated rings. The van der Waals surface area contributed by atoms with E-state index in [1.54, 1.807) is 25.2 Å². The first-order chi connectivity index (χ1) is 13.3. The summed E-state index contributed by atoms with van der Waals surface area (Å²) in [5.74, 6) is -0.106. The number of amides is 1. The van der Waals surface area contributed by atoms with E-state index < -0.39 is 22.0 Å². The van der Waals surface area contributed by atoms with Gasteiger partial charge in [0.15, 0.2) is 6.19 Å². The molecule has 0 aliphatic heterocycles. The quantitative estimate of drug-likeness (QED) is 0.511. The maximum absolute atomic E-state index is 12.7. The fraction of sp³-hybridized carbons (Fsp3) is 0.263. The molecule has 0 bridgehead atoms. The first-order valence-corrected chi connectivity index (χ1v) is 9.94. The summed E-state index contributed by atoms with van der Waals surface area (Å²) in [4.78, 5) is 13.6. The van der Waals surface area contributed by atoms with Crippen LogP contribution in [0, 0.1) is 11.5 Å². The molecule has 2 N–H and O–H groups in total. The number of nitrogens with one attached hydrogen (secondary N) is 1. The van der Waals surface area contributed by atoms with Gasteiger partial charge in [-0.05, 0) is 55.3 Å². The van der Waals surface area contributed by atoms with Crippen molar-refractivity contribution in [2.45, 2.75) is 24.3 Å². The van der Waals surface area contributed by atoms with Crippen LogP contribution in [0.3, 0.4) is 0 Å². The molecule has 2 rings (SSSR count). The highest BCUT2D eigenvalue weighted by Crippen LogP contribution is 2.17. The summed E-state index contributed by atoms with van der Waals surface area (Å²) in [6, 6.07) is 10.6. The molecule has 0 aromatic heterocycles. The van der Waals surface area contributed by atoms with E-state index in [0.29, 0.717) is 11.3 Å². The number of carbonyl (C=O) groups is 1. The number of hydrogen-bond acceptors (Lipinski definition) is 6. The molecule has 0 aliphatic carbocycles. The number of carbonyl (C=O) groups excluding carboxylic acids is 1. The fourth-order valence-electron chi connectivity index (χ4n) is 2.52. The van der Waals surface area contributed by atoms with Crippen LogP contribution >= 0.6 is 0 Å². The summed E-state index contributed by atoms with van der Waals surface area (Å²) in [7, 11) is -2.55. The van der Waals surface area contributed by atoms with Crippen molar-refractivity contribution in [3.63, 3.8) is 0 Å². The van der Waals surface area contributed by atoms with Crippen LogP contribution < -0.4 is 9.46 Å². The lowest BCUT2D eigenvalue weighted by atomic mass is 10.1. The zero-order chi connectivity index (χ0) is 20.7. The highest BCUT2D eigenvalue weighted by Gasteiger charge is 2.29. The molecule has 8 nitrogen and oxygen atoms in total. The summed E-state index contributed by atoms with van der Waals surface area (Å²) >= 11 is 0. The molecule has 1 amide bonds. The van der Waals surface area contributed by atoms with E-state index in [0.717, 1.165) is 4.90 Å². The third-order valence-corrected chi connectivity index (χ3v) is 5.53. The smallest absolute Gasteiger partial charge is 0.254 e. The standard InChI is InChI=1S/C19H21N3O5S/c1-3-22(13-20)19(24)18(12-14-4-6-15(23)7-5-14)21-28(25,26)17-10-8-16(27-2)9-11-17/h4-11,18,21,23H,3,12H2,1-2H3. The Morgan fingerprint density at radius 3 is 2.32 bits per heavy atom. The van der Waals surface area contributed by atoms with E-state index in [9.17, 15) is 18.3 Å². The van der Waals surface area contributed by atoms with Crippen LogP contribution in [0.5, 0.6) is 11.5 Å². The van der Waals surface area contributed by atoms with E-state index in [2.05, 4.69) is 4.72 Å². The lowest BCUT2D eigenvalue weighted by Crippen LogP contribution is -2.48. The van der Waals surface area contributed by atoms with Gasteiger partial charge in [-0.3, -0.25) is 4.79 Å². The predicted molar refractivity (Wildman–Crippen MR) is 102 cm³/mol. The Hall–Kier alpha value is -3.09. The third kappa shape index (κ3) is 5.22. The zero-order valence-electron chi connectivity index (χ0n) is 15.5. The van der Waals surface area contributed by atoms with Crippen molar-refractivity contribution < 1.29 is 23.1 Å². The number of ether oxygens (including phenoxy) is 1. The monoisotopic (exact) mass is 403 g/mol. The maximum atomic E-state index is 12.7. The molecule has 0 heterocycles. The molecule has 0 spiro atoms. The van der Waals surface area contributed by atoms with Crippen LogP contribution in [0.1, 0.15) is 12.5 Å². The summed E-state index contributed by atoms with van der Waals surface area (Å²) in [6.45, 7) is 1.74. The highest BCUT2D eigenvalue weighted by atomic mass is 32.2. The first kappa shape index (κ1) is 21.2. The molecular weight excluding hydrogens is 382 g/mol. The molecule has 0 radical (unpaired) electrons. The van der Waals surface area contributed by atoms with Gasteiger partial charge in [0.2, 0.25) is 10.0 Å². The van der Waals surface area contributed by atoms with Crippen molar-refractivity contribution in [3.8, 4) is 17.7 Å². The van der Waals surface area contributed by atoms with Crippen LogP contribution in [0.25, 0.3) is 0 Å². The number of nitrogens with zero attached hydrogens (tertiary/aromatic N) is 2. The van der Waals surface area contributed by atoms with Crippen LogP contribution in [-0.2, 0) is 21.2 Å². The van der Waals surface area contributed by atoms with Gasteiger partial charge in [0.1, 0.15) is 17.5 Å². The lowest BCUT2D eigenvalue weighted by Gasteiger charge is -2.22. The van der Waals surface area contributed by atoms with Gasteiger partial charge in [-0.15, -0.1) is 0 Å². The van der Waals surface area contributed by atoms with Crippen LogP contribution in [0.15, 0.2) is 53.4 Å². The largest absolute Gasteiger partial charge is 0.508 e. The van der Waals surface area contributed by atoms with Crippen molar-refractivity contribution in [2.75, 3.05) is 13.7 Å². The minimum atomic E-state index is -4.02. The van der Waals surface area contributed by atoms with Gasteiger partial charge < -0.3 is 9.84 Å². The van der Waals surface area contributed by atoms with Crippen molar-refractivity contribution >= 4 is 15.9 Å². The molecule has 148 valence electrons. The first-order valence-electron chi connectivity index (χ1n) is 8.46. The normalized spacial score (nSPS) is 12.0. The number of phenols is 1. The van der Waals surface area contributed by atoms with Gasteiger partial charge in [-0.2, -0.15) is 9.98 Å². The summed E-state index contributed by atoms with van der Waals surface area (Å²) < 4.78 is 32.9. The number of phenolic OH excluding ortho intramolecular Hbond substituents is 1. The Morgan fingerprint density at radius 1 is 1.21 bits per heavy atom. The number of methoxy groups -OCH3 is 1. The molecule has 2 aromatic carbocycles. The molecule has 1 atom stereocenters. The minimum Gasteiger partial charge on any atom is -0.508 e. The Bertz CT molecular complexity index is 951. The number of aromatic hydroxyl groups is 1. The van der Waals surface area contributed by atoms with E-state index in [1.807, 2.05) is 0 Å². The van der Waals surface area contributed by atoms with Crippen LogP contribution in [0.2, 0.25) is 0 Å². The Balaban J connectivity index is 2.32. The van der Waals surface area contributed by atoms with Crippen molar-refractivity contribution in [2.24, 2.45) is 0 Å². The van der Waals surface area contributed by atoms with Crippen LogP contribution in [-0.4, -0.2) is 44.0 Å². The molecule has 0 aliphatic rings. The Kier molecular flexibility index (Phi) is 6.98. The van der Waals surface area contributed by atoms with Gasteiger partial charge in [-0.1, -0.05) is 12.1 Å². The van der Waals surface area contributed by atoms with Gasteiger partial charge in [0.05, 0.1) is 12.0 Å². The number of nitriles is 1. The Morgan fingerprint density at radius 2 is 1.82 bits per heavy atom. The fourth-order valence-corrected chi connectivity index (χ4v) is 3.71. The molecule has 0 saturated heterocycles. The van der Waals surface area contributed by atoms with Crippen molar-refractivity contribution in [3.05, 3.63) is 54.1 Å². The average molecular weight is 403 g/mol. The van der Waals surface area contributed by atoms with Gasteiger partial charge >= 0.3 is 0 Å². The van der Waals surface area contributed by atoms with E-state index in [4.69, 9.17) is 10.00 Å². The number of rotatable bonds is 8. The average Bonchev–Trinajstić information content (AvgIpc) is 2.70. The predicted octanol–water partition coefficient (Wildman–Crippen LogP) is 1.62. The van der Waals surface area contributed by atoms with E-state index in [1.165, 1.54) is 43.5 Å². The van der Waals surface area contributed by atoms with E-state index in [-0.39, 0.29) is 23.6 Å². The van der Waals surface area contributed by atoms with Crippen molar-refractivity contribution in [1.82, 2.24) is 9.62 Å². The topological polar surface area (TPSA) is 120 Å². The van der Waals surface area contributed by atoms with Gasteiger partial charge in [0, 0.05) is 6.54 Å². The minimum absolute atomic E-state index is 0.0205.